The van der Waals surface area contributed by atoms with E-state index in [-0.39, 0.29) is 12.4 Å². The normalized spacial score (nSPS) is 10.9. The van der Waals surface area contributed by atoms with Crippen molar-refractivity contribution in [2.45, 2.75) is 20.5 Å². The summed E-state index contributed by atoms with van der Waals surface area (Å²) in [4.78, 5) is 32.4. The molecule has 0 spiro atoms. The summed E-state index contributed by atoms with van der Waals surface area (Å²) in [5.41, 5.74) is 3.28. The van der Waals surface area contributed by atoms with Gasteiger partial charge in [0.2, 0.25) is 0 Å². The van der Waals surface area contributed by atoms with Gasteiger partial charge in [0.25, 0.3) is 0 Å². The maximum atomic E-state index is 12.1. The Kier molecular flexibility index (Phi) is 6.11. The average Bonchev–Trinajstić information content (AvgIpc) is 2.71. The van der Waals surface area contributed by atoms with Crippen molar-refractivity contribution in [3.63, 3.8) is 0 Å². The number of carbonyl (C=O) groups is 2. The third kappa shape index (κ3) is 4.79. The monoisotopic (exact) mass is 376 g/mol. The number of Topliss-reactive ketones (excluding diaryl/α,β-unsaturated/α-hetero) is 1. The SMILES string of the molecule is CCOc1ccc(C(C)=O)cc1COC(=O)/C=C/c1cnc2ccccc2n1. The van der Waals surface area contributed by atoms with Crippen LogP contribution in [0.3, 0.4) is 0 Å². The first-order valence-corrected chi connectivity index (χ1v) is 8.90. The Bertz CT molecular complexity index is 1040. The van der Waals surface area contributed by atoms with E-state index in [2.05, 4.69) is 9.97 Å². The highest BCUT2D eigenvalue weighted by Crippen LogP contribution is 2.22. The molecule has 0 N–H and O–H groups in total. The largest absolute Gasteiger partial charge is 0.493 e. The minimum Gasteiger partial charge on any atom is -0.493 e. The molecule has 1 aromatic heterocycles. The molecule has 2 aromatic carbocycles. The molecule has 6 heteroatoms. The van der Waals surface area contributed by atoms with Gasteiger partial charge in [-0.15, -0.1) is 0 Å². The third-order valence-electron chi connectivity index (χ3n) is 3.99. The summed E-state index contributed by atoms with van der Waals surface area (Å²) in [7, 11) is 0. The molecule has 6 nitrogen and oxygen atoms in total. The number of hydrogen-bond acceptors (Lipinski definition) is 6. The van der Waals surface area contributed by atoms with E-state index in [0.717, 1.165) is 11.0 Å². The molecule has 0 aliphatic heterocycles. The molecule has 0 aliphatic rings. The first kappa shape index (κ1) is 19.2. The van der Waals surface area contributed by atoms with Crippen molar-refractivity contribution in [1.82, 2.24) is 9.97 Å². The van der Waals surface area contributed by atoms with Crippen molar-refractivity contribution < 1.29 is 19.1 Å². The minimum atomic E-state index is -0.523. The lowest BCUT2D eigenvalue weighted by Crippen LogP contribution is -2.05. The van der Waals surface area contributed by atoms with Crippen LogP contribution in [0, 0.1) is 0 Å². The summed E-state index contributed by atoms with van der Waals surface area (Å²) in [6, 6.07) is 12.6. The first-order valence-electron chi connectivity index (χ1n) is 8.90. The highest BCUT2D eigenvalue weighted by molar-refractivity contribution is 5.94. The molecule has 0 amide bonds. The van der Waals surface area contributed by atoms with Gasteiger partial charge in [-0.3, -0.25) is 9.78 Å². The number of ketones is 1. The number of para-hydroxylation sites is 2. The molecule has 142 valence electrons. The fourth-order valence-corrected chi connectivity index (χ4v) is 2.61. The number of ether oxygens (including phenoxy) is 2. The summed E-state index contributed by atoms with van der Waals surface area (Å²) in [5, 5.41) is 0. The average molecular weight is 376 g/mol. The molecule has 0 fully saturated rings. The molecule has 0 bridgehead atoms. The third-order valence-corrected chi connectivity index (χ3v) is 3.99. The Morgan fingerprint density at radius 2 is 1.89 bits per heavy atom. The predicted octanol–water partition coefficient (Wildman–Crippen LogP) is 3.99. The molecule has 3 aromatic rings. The number of hydrogen-bond donors (Lipinski definition) is 0. The summed E-state index contributed by atoms with van der Waals surface area (Å²) in [6.45, 7) is 3.82. The predicted molar refractivity (Wildman–Crippen MR) is 106 cm³/mol. The Labute approximate surface area is 162 Å². The number of benzene rings is 2. The fourth-order valence-electron chi connectivity index (χ4n) is 2.61. The summed E-state index contributed by atoms with van der Waals surface area (Å²) in [6.07, 6.45) is 4.45. The van der Waals surface area contributed by atoms with Crippen LogP contribution in [0.4, 0.5) is 0 Å². The lowest BCUT2D eigenvalue weighted by Gasteiger charge is -2.11. The van der Waals surface area contributed by atoms with Crippen LogP contribution in [0.2, 0.25) is 0 Å². The van der Waals surface area contributed by atoms with Crippen LogP contribution in [0.15, 0.2) is 54.7 Å². The number of rotatable bonds is 7. The Hall–Kier alpha value is -3.54. The number of aromatic nitrogens is 2. The Balaban J connectivity index is 1.68. The quantitative estimate of drug-likeness (QED) is 0.352. The lowest BCUT2D eigenvalue weighted by molar-refractivity contribution is -0.138. The van der Waals surface area contributed by atoms with E-state index >= 15 is 0 Å². The van der Waals surface area contributed by atoms with Gasteiger partial charge in [0.1, 0.15) is 12.4 Å². The van der Waals surface area contributed by atoms with Crippen LogP contribution in [0.25, 0.3) is 17.1 Å². The molecule has 0 radical (unpaired) electrons. The van der Waals surface area contributed by atoms with E-state index in [1.54, 1.807) is 30.5 Å². The maximum Gasteiger partial charge on any atom is 0.331 e. The zero-order valence-electron chi connectivity index (χ0n) is 15.7. The van der Waals surface area contributed by atoms with Gasteiger partial charge in [-0.05, 0) is 50.3 Å². The van der Waals surface area contributed by atoms with Crippen molar-refractivity contribution in [3.05, 3.63) is 71.6 Å². The van der Waals surface area contributed by atoms with Gasteiger partial charge in [-0.25, -0.2) is 9.78 Å². The zero-order chi connectivity index (χ0) is 19.9. The second-order valence-electron chi connectivity index (χ2n) is 6.04. The van der Waals surface area contributed by atoms with Gasteiger partial charge >= 0.3 is 5.97 Å². The van der Waals surface area contributed by atoms with Crippen molar-refractivity contribution in [3.8, 4) is 5.75 Å². The van der Waals surface area contributed by atoms with Gasteiger partial charge in [-0.1, -0.05) is 12.1 Å². The van der Waals surface area contributed by atoms with Gasteiger partial charge in [0.15, 0.2) is 5.78 Å². The summed E-state index contributed by atoms with van der Waals surface area (Å²) >= 11 is 0. The molecule has 0 unspecified atom stereocenters. The van der Waals surface area contributed by atoms with Crippen molar-refractivity contribution in [1.29, 1.82) is 0 Å². The minimum absolute atomic E-state index is 0.00300. The maximum absolute atomic E-state index is 12.1. The highest BCUT2D eigenvalue weighted by Gasteiger charge is 2.10. The second-order valence-corrected chi connectivity index (χ2v) is 6.04. The zero-order valence-corrected chi connectivity index (χ0v) is 15.7. The molecule has 0 aliphatic carbocycles. The molecule has 0 atom stereocenters. The van der Waals surface area contributed by atoms with Crippen molar-refractivity contribution >= 4 is 28.9 Å². The van der Waals surface area contributed by atoms with Gasteiger partial charge in [0, 0.05) is 17.2 Å². The Morgan fingerprint density at radius 1 is 1.11 bits per heavy atom. The van der Waals surface area contributed by atoms with Crippen LogP contribution < -0.4 is 4.74 Å². The van der Waals surface area contributed by atoms with E-state index < -0.39 is 5.97 Å². The van der Waals surface area contributed by atoms with Crippen LogP contribution >= 0.6 is 0 Å². The number of fused-ring (bicyclic) bond motifs is 1. The highest BCUT2D eigenvalue weighted by atomic mass is 16.5. The molecule has 0 saturated carbocycles. The van der Waals surface area contributed by atoms with E-state index in [1.807, 2.05) is 31.2 Å². The van der Waals surface area contributed by atoms with E-state index in [0.29, 0.717) is 29.2 Å². The van der Waals surface area contributed by atoms with E-state index in [9.17, 15) is 9.59 Å². The van der Waals surface area contributed by atoms with Crippen LogP contribution in [0.1, 0.15) is 35.5 Å². The van der Waals surface area contributed by atoms with Gasteiger partial charge in [-0.2, -0.15) is 0 Å². The van der Waals surface area contributed by atoms with Crippen molar-refractivity contribution in [2.24, 2.45) is 0 Å². The van der Waals surface area contributed by atoms with E-state index in [1.165, 1.54) is 13.0 Å². The second kappa shape index (κ2) is 8.90. The number of esters is 1. The van der Waals surface area contributed by atoms with Gasteiger partial charge in [0.05, 0.1) is 29.5 Å². The summed E-state index contributed by atoms with van der Waals surface area (Å²) < 4.78 is 10.8. The van der Waals surface area contributed by atoms with Crippen molar-refractivity contribution in [2.75, 3.05) is 6.61 Å². The van der Waals surface area contributed by atoms with Gasteiger partial charge < -0.3 is 9.47 Å². The molecule has 28 heavy (non-hydrogen) atoms. The molecular formula is C22H20N2O4. The van der Waals surface area contributed by atoms with E-state index in [4.69, 9.17) is 9.47 Å². The molecule has 0 saturated heterocycles. The molecular weight excluding hydrogens is 356 g/mol. The number of carbonyl (C=O) groups excluding carboxylic acids is 2. The fraction of sp³-hybridized carbons (Fsp3) is 0.182. The molecule has 3 rings (SSSR count). The number of nitrogens with zero attached hydrogens (tertiary/aromatic N) is 2. The lowest BCUT2D eigenvalue weighted by atomic mass is 10.1. The van der Waals surface area contributed by atoms with Crippen LogP contribution in [0.5, 0.6) is 5.75 Å². The molecule has 1 heterocycles. The first-order chi connectivity index (χ1) is 13.6. The van der Waals surface area contributed by atoms with Crippen LogP contribution in [-0.4, -0.2) is 28.3 Å². The Morgan fingerprint density at radius 3 is 2.64 bits per heavy atom. The topological polar surface area (TPSA) is 78.4 Å². The van der Waals surface area contributed by atoms with Crippen LogP contribution in [-0.2, 0) is 16.1 Å². The summed E-state index contributed by atoms with van der Waals surface area (Å²) in [5.74, 6) is 0.000657. The smallest absolute Gasteiger partial charge is 0.331 e. The standard InChI is InChI=1S/C22H20N2O4/c1-3-27-21-10-8-16(15(2)25)12-17(21)14-28-22(26)11-9-18-13-23-19-6-4-5-7-20(19)24-18/h4-13H,3,14H2,1-2H3/b11-9+.